The van der Waals surface area contributed by atoms with Crippen LogP contribution in [0.15, 0.2) is 88.3 Å². The number of aromatic nitrogens is 1. The van der Waals surface area contributed by atoms with Crippen LogP contribution in [-0.4, -0.2) is 21.6 Å². The van der Waals surface area contributed by atoms with Gasteiger partial charge in [-0.2, -0.15) is 0 Å². The monoisotopic (exact) mass is 748 g/mol. The van der Waals surface area contributed by atoms with Crippen LogP contribution in [0, 0.1) is 18.4 Å². The molecule has 0 spiro atoms. The van der Waals surface area contributed by atoms with Crippen molar-refractivity contribution in [3.8, 4) is 17.4 Å². The Labute approximate surface area is 263 Å². The molecule has 0 fully saturated rings. The first-order valence-corrected chi connectivity index (χ1v) is 14.2. The molecule has 0 saturated carbocycles. The van der Waals surface area contributed by atoms with Crippen LogP contribution < -0.4 is 4.74 Å². The molecule has 0 saturated heterocycles. The molecule has 0 amide bonds. The molecule has 1 aliphatic heterocycles. The van der Waals surface area contributed by atoms with Crippen LogP contribution in [0.1, 0.15) is 49.1 Å². The summed E-state index contributed by atoms with van der Waals surface area (Å²) in [5.74, 6) is 1.39. The molecular formula is C36H29N2O4Pt-. The van der Waals surface area contributed by atoms with Crippen LogP contribution in [0.5, 0.6) is 17.4 Å². The number of phenols is 1. The third-order valence-electron chi connectivity index (χ3n) is 9.11. The maximum absolute atomic E-state index is 10.5. The Morgan fingerprint density at radius 2 is 1.74 bits per heavy atom. The van der Waals surface area contributed by atoms with E-state index in [2.05, 4.69) is 56.1 Å². The van der Waals surface area contributed by atoms with Gasteiger partial charge in [-0.05, 0) is 66.6 Å². The van der Waals surface area contributed by atoms with Crippen LogP contribution >= 0.6 is 0 Å². The zero-order valence-electron chi connectivity index (χ0n) is 24.2. The van der Waals surface area contributed by atoms with E-state index in [1.807, 2.05) is 49.4 Å². The van der Waals surface area contributed by atoms with E-state index in [9.17, 15) is 5.11 Å². The summed E-state index contributed by atoms with van der Waals surface area (Å²) in [5, 5.41) is 13.2. The van der Waals surface area contributed by atoms with Crippen molar-refractivity contribution >= 4 is 38.7 Å². The second kappa shape index (κ2) is 9.68. The van der Waals surface area contributed by atoms with Gasteiger partial charge in [0.05, 0.1) is 11.3 Å². The zero-order valence-corrected chi connectivity index (χ0v) is 26.4. The number of aromatic hydroxyl groups is 1. The van der Waals surface area contributed by atoms with Crippen LogP contribution in [0.3, 0.4) is 0 Å². The second-order valence-corrected chi connectivity index (χ2v) is 12.3. The van der Waals surface area contributed by atoms with Crippen LogP contribution in [-0.2, 0) is 32.2 Å². The number of aliphatic imine (C=N–C) groups is 1. The van der Waals surface area contributed by atoms with E-state index in [0.717, 1.165) is 33.7 Å². The molecular weight excluding hydrogens is 719 g/mol. The molecule has 0 radical (unpaired) electrons. The average Bonchev–Trinajstić information content (AvgIpc) is 3.52. The molecule has 0 bridgehead atoms. The van der Waals surface area contributed by atoms with Gasteiger partial charge in [-0.25, -0.2) is 4.98 Å². The van der Waals surface area contributed by atoms with Gasteiger partial charge in [0.1, 0.15) is 34.4 Å². The predicted molar refractivity (Wildman–Crippen MR) is 163 cm³/mol. The van der Waals surface area contributed by atoms with Crippen LogP contribution in [0.4, 0.5) is 0 Å². The topological polar surface area (TPSA) is 77.1 Å². The molecule has 218 valence electrons. The second-order valence-electron chi connectivity index (χ2n) is 12.3. The van der Waals surface area contributed by atoms with Crippen molar-refractivity contribution in [3.63, 3.8) is 0 Å². The fourth-order valence-electron chi connectivity index (χ4n) is 6.62. The summed E-state index contributed by atoms with van der Waals surface area (Å²) in [7, 11) is 0. The van der Waals surface area contributed by atoms with Crippen LogP contribution in [0.25, 0.3) is 32.8 Å². The number of hydrogen-bond donors (Lipinski definition) is 1. The van der Waals surface area contributed by atoms with Crippen molar-refractivity contribution in [2.45, 2.75) is 45.8 Å². The van der Waals surface area contributed by atoms with E-state index in [-0.39, 0.29) is 38.3 Å². The number of nitrogens with zero attached hydrogens (tertiary/aromatic N) is 2. The Balaban J connectivity index is 0.00000300. The first-order valence-electron chi connectivity index (χ1n) is 14.2. The number of ether oxygens (including phenoxy) is 2. The van der Waals surface area contributed by atoms with Gasteiger partial charge in [0.25, 0.3) is 0 Å². The summed E-state index contributed by atoms with van der Waals surface area (Å²) in [6.45, 7) is 8.61. The van der Waals surface area contributed by atoms with Crippen molar-refractivity contribution < 1.29 is 40.1 Å². The quantitative estimate of drug-likeness (QED) is 0.184. The van der Waals surface area contributed by atoms with Gasteiger partial charge < -0.3 is 19.0 Å². The minimum absolute atomic E-state index is 0. The smallest absolute Gasteiger partial charge is 0.217 e. The van der Waals surface area contributed by atoms with Crippen molar-refractivity contribution in [2.75, 3.05) is 0 Å². The Morgan fingerprint density at radius 3 is 2.60 bits per heavy atom. The number of aryl methyl sites for hydroxylation is 1. The number of fused-ring (bicyclic) bond motifs is 7. The first kappa shape index (κ1) is 27.7. The number of benzene rings is 4. The number of phenolic OH excluding ortho intramolecular Hbond substituents is 1. The molecule has 4 aromatic carbocycles. The van der Waals surface area contributed by atoms with Gasteiger partial charge in [0.15, 0.2) is 0 Å². The predicted octanol–water partition coefficient (Wildman–Crippen LogP) is 8.60. The maximum Gasteiger partial charge on any atom is 0.217 e. The minimum atomic E-state index is -0.553. The first-order chi connectivity index (χ1) is 20.2. The van der Waals surface area contributed by atoms with E-state index in [0.29, 0.717) is 34.2 Å². The zero-order chi connectivity index (χ0) is 28.8. The minimum Gasteiger partial charge on any atom is -0.511 e. The summed E-state index contributed by atoms with van der Waals surface area (Å²) in [5.41, 5.74) is 5.31. The number of rotatable bonds is 3. The van der Waals surface area contributed by atoms with Crippen LogP contribution in [0.2, 0.25) is 0 Å². The molecule has 3 heterocycles. The van der Waals surface area contributed by atoms with E-state index in [1.165, 1.54) is 11.1 Å². The summed E-state index contributed by atoms with van der Waals surface area (Å²) in [4.78, 5) is 9.84. The summed E-state index contributed by atoms with van der Waals surface area (Å²) in [6, 6.07) is 28.9. The number of furan rings is 1. The third kappa shape index (κ3) is 4.18. The SMILES string of the molecule is Cc1cc(O)c2nc(Oc3[c-]c(C4=N[C@H]5c6ccccc6CC(C)(C)[C@]5(C)O4)c4c(c3)oc3ccccc34)ccc2c1.[Pt]. The molecule has 1 N–H and O–H groups in total. The van der Waals surface area contributed by atoms with Crippen molar-refractivity contribution in [1.82, 2.24) is 4.98 Å². The summed E-state index contributed by atoms with van der Waals surface area (Å²) < 4.78 is 19.5. The van der Waals surface area contributed by atoms with Gasteiger partial charge in [-0.3, -0.25) is 4.99 Å². The third-order valence-corrected chi connectivity index (χ3v) is 9.11. The molecule has 2 aromatic heterocycles. The molecule has 2 aliphatic rings. The Bertz CT molecular complexity index is 2110. The van der Waals surface area contributed by atoms with Gasteiger partial charge in [-0.1, -0.05) is 79.4 Å². The Hall–Kier alpha value is -4.15. The fraction of sp³-hybridized carbons (Fsp3) is 0.222. The summed E-state index contributed by atoms with van der Waals surface area (Å²) in [6.07, 6.45) is 0.899. The molecule has 43 heavy (non-hydrogen) atoms. The molecule has 8 rings (SSSR count). The van der Waals surface area contributed by atoms with E-state index >= 15 is 0 Å². The van der Waals surface area contributed by atoms with Gasteiger partial charge in [-0.15, -0.1) is 0 Å². The molecule has 6 aromatic rings. The van der Waals surface area contributed by atoms with Gasteiger partial charge in [0.2, 0.25) is 5.88 Å². The molecule has 2 atom stereocenters. The Morgan fingerprint density at radius 1 is 0.953 bits per heavy atom. The largest absolute Gasteiger partial charge is 0.511 e. The average molecular weight is 749 g/mol. The van der Waals surface area contributed by atoms with Gasteiger partial charge in [0, 0.05) is 37.9 Å². The molecule has 6 nitrogen and oxygen atoms in total. The van der Waals surface area contributed by atoms with Crippen molar-refractivity contribution in [1.29, 1.82) is 0 Å². The normalized spacial score (nSPS) is 20.3. The number of para-hydroxylation sites is 1. The van der Waals surface area contributed by atoms with E-state index in [4.69, 9.17) is 18.9 Å². The number of hydrogen-bond acceptors (Lipinski definition) is 6. The van der Waals surface area contributed by atoms with Crippen molar-refractivity contribution in [2.24, 2.45) is 10.4 Å². The Kier molecular flexibility index (Phi) is 6.23. The summed E-state index contributed by atoms with van der Waals surface area (Å²) >= 11 is 0. The maximum atomic E-state index is 10.5. The fourth-order valence-corrected chi connectivity index (χ4v) is 6.62. The van der Waals surface area contributed by atoms with Crippen molar-refractivity contribution in [3.05, 3.63) is 107 Å². The molecule has 1 aliphatic carbocycles. The standard InChI is InChI=1S/C36H29N2O4.Pt/c1-20-15-21-13-14-30(37-32(21)27(39)16-20)40-23-17-26(31-25-11-7-8-12-28(25)41-29(31)18-23)34-38-33-24-10-6-5-9-22(24)19-35(2,3)36(33,4)42-34;/h5-16,18,33,39H,19H2,1-4H3;/q-1;/t33-,36+;/m0./s1. The van der Waals surface area contributed by atoms with E-state index in [1.54, 1.807) is 12.1 Å². The van der Waals surface area contributed by atoms with E-state index < -0.39 is 5.60 Å². The molecule has 0 unspecified atom stereocenters. The van der Waals surface area contributed by atoms with Gasteiger partial charge >= 0.3 is 0 Å². The number of pyridine rings is 1. The molecule has 7 heteroatoms.